The third kappa shape index (κ3) is 3.96. The Bertz CT molecular complexity index is 1020. The molecule has 0 aliphatic heterocycles. The molecule has 0 spiro atoms. The highest BCUT2D eigenvalue weighted by Crippen LogP contribution is 2.27. The van der Waals surface area contributed by atoms with Crippen molar-refractivity contribution in [3.8, 4) is 5.88 Å². The zero-order valence-corrected chi connectivity index (χ0v) is 15.9. The summed E-state index contributed by atoms with van der Waals surface area (Å²) >= 11 is 17.5. The summed E-state index contributed by atoms with van der Waals surface area (Å²) in [6.07, 6.45) is 0. The number of nitrogens with zero attached hydrogens (tertiary/aromatic N) is 4. The van der Waals surface area contributed by atoms with Crippen molar-refractivity contribution >= 4 is 56.3 Å². The van der Waals surface area contributed by atoms with E-state index in [2.05, 4.69) is 20.4 Å². The van der Waals surface area contributed by atoms with Crippen LogP contribution < -0.4 is 4.74 Å². The highest BCUT2D eigenvalue weighted by atomic mass is 35.5. The minimum Gasteiger partial charge on any atom is -0.476 e. The molecule has 0 saturated carbocycles. The Morgan fingerprint density at radius 2 is 1.04 bits per heavy atom. The van der Waals surface area contributed by atoms with Crippen LogP contribution >= 0.6 is 34.8 Å². The summed E-state index contributed by atoms with van der Waals surface area (Å²) in [7, 11) is 0. The zero-order chi connectivity index (χ0) is 18.5. The van der Waals surface area contributed by atoms with Crippen molar-refractivity contribution < 1.29 is 4.74 Å². The molecule has 132 valence electrons. The average Bonchev–Trinajstić information content (AvgIpc) is 2.68. The number of fused-ring (bicyclic) bond motifs is 2. The van der Waals surface area contributed by atoms with Gasteiger partial charge < -0.3 is 4.74 Å². The molecule has 0 amide bonds. The van der Waals surface area contributed by atoms with Crippen LogP contribution in [0.3, 0.4) is 0 Å². The third-order valence-corrected chi connectivity index (χ3v) is 4.32. The number of hydrogen-bond acceptors (Lipinski definition) is 5. The number of ether oxygens (including phenoxy) is 1. The Balaban J connectivity index is 0.000000152. The lowest BCUT2D eigenvalue weighted by Gasteiger charge is -2.05. The largest absolute Gasteiger partial charge is 0.476 e. The number of hydrogen-bond donors (Lipinski definition) is 0. The monoisotopic (exact) mass is 406 g/mol. The van der Waals surface area contributed by atoms with Crippen molar-refractivity contribution in [2.45, 2.75) is 6.92 Å². The third-order valence-electron chi connectivity index (χ3n) is 3.49. The molecule has 0 aliphatic rings. The fourth-order valence-electron chi connectivity index (χ4n) is 2.33. The summed E-state index contributed by atoms with van der Waals surface area (Å²) < 4.78 is 5.34. The summed E-state index contributed by atoms with van der Waals surface area (Å²) in [5.74, 6) is 0.535. The molecule has 0 atom stereocenters. The fourth-order valence-corrected chi connectivity index (χ4v) is 2.94. The van der Waals surface area contributed by atoms with Gasteiger partial charge in [-0.1, -0.05) is 77.3 Å². The maximum atomic E-state index is 5.90. The second-order valence-electron chi connectivity index (χ2n) is 5.10. The fraction of sp³-hybridized carbons (Fsp3) is 0.111. The molecule has 0 radical (unpaired) electrons. The van der Waals surface area contributed by atoms with Crippen LogP contribution in [-0.4, -0.2) is 27.0 Å². The Labute approximate surface area is 164 Å². The van der Waals surface area contributed by atoms with E-state index in [1.807, 2.05) is 55.5 Å². The van der Waals surface area contributed by atoms with Crippen LogP contribution in [0, 0.1) is 0 Å². The summed E-state index contributed by atoms with van der Waals surface area (Å²) in [5.41, 5.74) is 0. The van der Waals surface area contributed by atoms with E-state index in [4.69, 9.17) is 39.5 Å². The van der Waals surface area contributed by atoms with Gasteiger partial charge in [0, 0.05) is 21.5 Å². The Kier molecular flexibility index (Phi) is 6.04. The lowest BCUT2D eigenvalue weighted by molar-refractivity contribution is 0.327. The lowest BCUT2D eigenvalue weighted by atomic mass is 10.2. The summed E-state index contributed by atoms with van der Waals surface area (Å²) in [4.78, 5) is 0. The Hall–Kier alpha value is -2.21. The van der Waals surface area contributed by atoms with Crippen molar-refractivity contribution in [2.24, 2.45) is 0 Å². The standard InChI is InChI=1S/C10H9ClN2O.C8H4Cl2N2/c1-2-14-10-8-6-4-3-5-7(8)9(11)12-13-10;9-7-5-3-1-2-4-6(5)8(10)12-11-7/h3-6H,2H2,1H3;1-4H. The molecule has 0 N–H and O–H groups in total. The molecule has 5 nitrogen and oxygen atoms in total. The van der Waals surface area contributed by atoms with Crippen molar-refractivity contribution in [3.63, 3.8) is 0 Å². The molecule has 2 aromatic heterocycles. The molecule has 0 bridgehead atoms. The zero-order valence-electron chi connectivity index (χ0n) is 13.7. The van der Waals surface area contributed by atoms with E-state index in [9.17, 15) is 0 Å². The van der Waals surface area contributed by atoms with Crippen LogP contribution in [0.5, 0.6) is 5.88 Å². The second kappa shape index (κ2) is 8.45. The average molecular weight is 408 g/mol. The SMILES string of the molecule is CCOc1nnc(Cl)c2ccccc12.Clc1nnc(Cl)c2ccccc12. The predicted molar refractivity (Wildman–Crippen MR) is 105 cm³/mol. The molecule has 2 aromatic carbocycles. The van der Waals surface area contributed by atoms with Gasteiger partial charge in [-0.05, 0) is 13.0 Å². The summed E-state index contributed by atoms with van der Waals surface area (Å²) in [5, 5.41) is 19.7. The first-order valence-electron chi connectivity index (χ1n) is 7.72. The van der Waals surface area contributed by atoms with Crippen molar-refractivity contribution in [3.05, 3.63) is 64.0 Å². The Morgan fingerprint density at radius 1 is 0.654 bits per heavy atom. The van der Waals surface area contributed by atoms with E-state index in [0.717, 1.165) is 21.5 Å². The molecule has 26 heavy (non-hydrogen) atoms. The Morgan fingerprint density at radius 3 is 1.50 bits per heavy atom. The highest BCUT2D eigenvalue weighted by Gasteiger charge is 2.07. The number of aromatic nitrogens is 4. The van der Waals surface area contributed by atoms with Crippen LogP contribution in [0.15, 0.2) is 48.5 Å². The van der Waals surface area contributed by atoms with Gasteiger partial charge in [-0.3, -0.25) is 0 Å². The summed E-state index contributed by atoms with van der Waals surface area (Å²) in [6, 6.07) is 15.1. The molecule has 2 heterocycles. The van der Waals surface area contributed by atoms with Gasteiger partial charge >= 0.3 is 0 Å². The molecule has 0 saturated heterocycles. The minimum atomic E-state index is 0.384. The van der Waals surface area contributed by atoms with Gasteiger partial charge in [0.05, 0.1) is 6.61 Å². The highest BCUT2D eigenvalue weighted by molar-refractivity contribution is 6.38. The van der Waals surface area contributed by atoms with Gasteiger partial charge in [-0.25, -0.2) is 0 Å². The molecule has 0 fully saturated rings. The smallest absolute Gasteiger partial charge is 0.241 e. The van der Waals surface area contributed by atoms with Gasteiger partial charge in [0.15, 0.2) is 15.5 Å². The predicted octanol–water partition coefficient (Wildman–Crippen LogP) is 5.62. The molecule has 0 unspecified atom stereocenters. The van der Waals surface area contributed by atoms with Crippen LogP contribution in [0.4, 0.5) is 0 Å². The maximum Gasteiger partial charge on any atom is 0.241 e. The van der Waals surface area contributed by atoms with Crippen molar-refractivity contribution in [1.29, 1.82) is 0 Å². The van der Waals surface area contributed by atoms with Crippen molar-refractivity contribution in [1.82, 2.24) is 20.4 Å². The first kappa shape index (κ1) is 18.6. The quantitative estimate of drug-likeness (QED) is 0.431. The van der Waals surface area contributed by atoms with Crippen LogP contribution in [-0.2, 0) is 0 Å². The van der Waals surface area contributed by atoms with E-state index in [0.29, 0.717) is 27.9 Å². The maximum absolute atomic E-state index is 5.90. The van der Waals surface area contributed by atoms with Gasteiger partial charge in [0.2, 0.25) is 5.88 Å². The van der Waals surface area contributed by atoms with E-state index in [1.54, 1.807) is 0 Å². The number of rotatable bonds is 2. The van der Waals surface area contributed by atoms with E-state index >= 15 is 0 Å². The first-order chi connectivity index (χ1) is 12.6. The molecule has 4 aromatic rings. The normalized spacial score (nSPS) is 10.5. The molecule has 4 rings (SSSR count). The van der Waals surface area contributed by atoms with E-state index < -0.39 is 0 Å². The van der Waals surface area contributed by atoms with Crippen LogP contribution in [0.25, 0.3) is 21.5 Å². The molecule has 8 heteroatoms. The van der Waals surface area contributed by atoms with E-state index in [-0.39, 0.29) is 0 Å². The van der Waals surface area contributed by atoms with Crippen molar-refractivity contribution in [2.75, 3.05) is 6.61 Å². The van der Waals surface area contributed by atoms with Gasteiger partial charge in [0.25, 0.3) is 0 Å². The van der Waals surface area contributed by atoms with Crippen LogP contribution in [0.1, 0.15) is 6.92 Å². The van der Waals surface area contributed by atoms with E-state index in [1.165, 1.54) is 0 Å². The molecular weight excluding hydrogens is 395 g/mol. The second-order valence-corrected chi connectivity index (χ2v) is 6.18. The van der Waals surface area contributed by atoms with Gasteiger partial charge in [-0.15, -0.1) is 20.4 Å². The molecule has 0 aliphatic carbocycles. The van der Waals surface area contributed by atoms with Crippen LogP contribution in [0.2, 0.25) is 15.5 Å². The van der Waals surface area contributed by atoms with Gasteiger partial charge in [-0.2, -0.15) is 0 Å². The van der Waals surface area contributed by atoms with Gasteiger partial charge in [0.1, 0.15) is 0 Å². The number of benzene rings is 2. The number of halogens is 3. The topological polar surface area (TPSA) is 60.8 Å². The summed E-state index contributed by atoms with van der Waals surface area (Å²) in [6.45, 7) is 2.48. The first-order valence-corrected chi connectivity index (χ1v) is 8.85. The molecular formula is C18H13Cl3N4O. The minimum absolute atomic E-state index is 0.384. The lowest BCUT2D eigenvalue weighted by Crippen LogP contribution is -1.97.